The number of H-pyrrole nitrogens is 1. The zero-order chi connectivity index (χ0) is 22.1. The monoisotopic (exact) mass is 489 g/mol. The molecule has 2 atom stereocenters. The summed E-state index contributed by atoms with van der Waals surface area (Å²) in [5, 5.41) is 19.7. The Labute approximate surface area is 179 Å². The van der Waals surface area contributed by atoms with Crippen molar-refractivity contribution in [3.8, 4) is 0 Å². The number of aromatic amines is 1. The molecule has 0 aromatic carbocycles. The van der Waals surface area contributed by atoms with Crippen LogP contribution in [-0.2, 0) is 19.1 Å². The zero-order valence-electron chi connectivity index (χ0n) is 16.4. The van der Waals surface area contributed by atoms with Gasteiger partial charge < -0.3 is 24.6 Å². The predicted molar refractivity (Wildman–Crippen MR) is 106 cm³/mol. The Morgan fingerprint density at radius 2 is 2.00 bits per heavy atom. The van der Waals surface area contributed by atoms with Gasteiger partial charge in [-0.15, -0.1) is 0 Å². The number of aliphatic hydroxyl groups is 1. The second kappa shape index (κ2) is 8.61. The first-order valence-corrected chi connectivity index (χ1v) is 10.3. The molecule has 0 unspecified atom stereocenters. The number of nitrogens with one attached hydrogen (secondary N) is 1. The van der Waals surface area contributed by atoms with Crippen molar-refractivity contribution in [3.05, 3.63) is 31.5 Å². The SMILES string of the molecule is C[C@]1(O)CC2(CCN(C(=O)COCC(=O)O)CC2)OC[C@@H]1n1cc(Br)c(=O)[nH]c1=O. The fourth-order valence-corrected chi connectivity index (χ4v) is 4.45. The van der Waals surface area contributed by atoms with Crippen LogP contribution >= 0.6 is 15.9 Å². The van der Waals surface area contributed by atoms with Gasteiger partial charge in [0.15, 0.2) is 0 Å². The Balaban J connectivity index is 1.64. The molecular formula is C18H24BrN3O8. The summed E-state index contributed by atoms with van der Waals surface area (Å²) in [6.07, 6.45) is 2.58. The van der Waals surface area contributed by atoms with Crippen molar-refractivity contribution in [2.75, 3.05) is 32.9 Å². The van der Waals surface area contributed by atoms with E-state index in [0.29, 0.717) is 25.9 Å². The van der Waals surface area contributed by atoms with E-state index < -0.39 is 41.1 Å². The van der Waals surface area contributed by atoms with Gasteiger partial charge in [0.2, 0.25) is 5.91 Å². The highest BCUT2D eigenvalue weighted by Gasteiger charge is 2.50. The third-order valence-electron chi connectivity index (χ3n) is 5.68. The van der Waals surface area contributed by atoms with Crippen LogP contribution in [-0.4, -0.2) is 80.7 Å². The van der Waals surface area contributed by atoms with Gasteiger partial charge in [-0.05, 0) is 35.7 Å². The van der Waals surface area contributed by atoms with E-state index in [1.807, 2.05) is 0 Å². The van der Waals surface area contributed by atoms with E-state index in [0.717, 1.165) is 0 Å². The minimum atomic E-state index is -1.28. The van der Waals surface area contributed by atoms with Crippen LogP contribution in [0.4, 0.5) is 0 Å². The summed E-state index contributed by atoms with van der Waals surface area (Å²) in [5.74, 6) is -1.43. The number of rotatable bonds is 5. The van der Waals surface area contributed by atoms with Crippen molar-refractivity contribution in [1.29, 1.82) is 0 Å². The molecule has 3 N–H and O–H groups in total. The fourth-order valence-electron chi connectivity index (χ4n) is 4.13. The maximum Gasteiger partial charge on any atom is 0.329 e. The van der Waals surface area contributed by atoms with Crippen molar-refractivity contribution in [2.24, 2.45) is 0 Å². The van der Waals surface area contributed by atoms with Crippen LogP contribution in [0.2, 0.25) is 0 Å². The Hall–Kier alpha value is -2.02. The van der Waals surface area contributed by atoms with Crippen LogP contribution in [0.3, 0.4) is 0 Å². The molecule has 12 heteroatoms. The summed E-state index contributed by atoms with van der Waals surface area (Å²) >= 11 is 3.09. The van der Waals surface area contributed by atoms with Gasteiger partial charge in [-0.2, -0.15) is 0 Å². The normalized spacial score (nSPS) is 26.0. The van der Waals surface area contributed by atoms with Gasteiger partial charge in [-0.25, -0.2) is 9.59 Å². The van der Waals surface area contributed by atoms with Gasteiger partial charge >= 0.3 is 11.7 Å². The molecule has 2 aliphatic heterocycles. The minimum Gasteiger partial charge on any atom is -0.480 e. The molecule has 2 aliphatic rings. The van der Waals surface area contributed by atoms with E-state index in [4.69, 9.17) is 14.6 Å². The number of carboxylic acid groups (broad SMARTS) is 1. The van der Waals surface area contributed by atoms with E-state index in [2.05, 4.69) is 20.9 Å². The summed E-state index contributed by atoms with van der Waals surface area (Å²) in [6, 6.07) is -0.687. The largest absolute Gasteiger partial charge is 0.480 e. The number of nitrogens with zero attached hydrogens (tertiary/aromatic N) is 2. The number of hydrogen-bond acceptors (Lipinski definition) is 7. The minimum absolute atomic E-state index is 0.0705. The molecule has 1 amide bonds. The van der Waals surface area contributed by atoms with Gasteiger partial charge in [0.05, 0.1) is 28.3 Å². The predicted octanol–water partition coefficient (Wildman–Crippen LogP) is -0.526. The average Bonchev–Trinajstić information content (AvgIpc) is 2.65. The van der Waals surface area contributed by atoms with Crippen molar-refractivity contribution < 1.29 is 29.3 Å². The quantitative estimate of drug-likeness (QED) is 0.499. The molecular weight excluding hydrogens is 466 g/mol. The zero-order valence-corrected chi connectivity index (χ0v) is 18.0. The number of hydrogen-bond donors (Lipinski definition) is 3. The number of likely N-dealkylation sites (tertiary alicyclic amines) is 1. The number of ether oxygens (including phenoxy) is 2. The van der Waals surface area contributed by atoms with Crippen molar-refractivity contribution in [2.45, 2.75) is 43.4 Å². The first-order chi connectivity index (χ1) is 14.0. The first kappa shape index (κ1) is 22.7. The topological polar surface area (TPSA) is 151 Å². The molecule has 2 saturated heterocycles. The number of halogens is 1. The van der Waals surface area contributed by atoms with Gasteiger partial charge in [-0.3, -0.25) is 19.1 Å². The van der Waals surface area contributed by atoms with Crippen LogP contribution < -0.4 is 11.2 Å². The summed E-state index contributed by atoms with van der Waals surface area (Å²) in [6.45, 7) is 1.65. The maximum absolute atomic E-state index is 12.2. The Morgan fingerprint density at radius 3 is 2.60 bits per heavy atom. The van der Waals surface area contributed by atoms with E-state index in [9.17, 15) is 24.3 Å². The molecule has 1 aromatic heterocycles. The van der Waals surface area contributed by atoms with Crippen LogP contribution in [0, 0.1) is 0 Å². The van der Waals surface area contributed by atoms with Crippen LogP contribution in [0.1, 0.15) is 32.2 Å². The number of aliphatic carboxylic acids is 1. The third-order valence-corrected chi connectivity index (χ3v) is 6.25. The summed E-state index contributed by atoms with van der Waals surface area (Å²) < 4.78 is 12.4. The van der Waals surface area contributed by atoms with Gasteiger partial charge in [0.1, 0.15) is 13.2 Å². The Bertz CT molecular complexity index is 932. The molecule has 1 aromatic rings. The fraction of sp³-hybridized carbons (Fsp3) is 0.667. The molecule has 1 spiro atoms. The van der Waals surface area contributed by atoms with E-state index in [1.165, 1.54) is 10.8 Å². The number of carbonyl (C=O) groups is 2. The number of piperidine rings is 1. The number of carbonyl (C=O) groups excluding carboxylic acids is 1. The molecule has 3 heterocycles. The van der Waals surface area contributed by atoms with Crippen LogP contribution in [0.25, 0.3) is 0 Å². The molecule has 0 saturated carbocycles. The standard InChI is InChI=1S/C18H24BrN3O8/c1-17(28)10-18(2-4-21(5-3-18)13(23)8-29-9-14(24)25)30-7-12(17)22-6-11(19)15(26)20-16(22)27/h6,12,28H,2-5,7-10H2,1H3,(H,24,25)(H,20,26,27)/t12-,17-/m0/s1. The number of aromatic nitrogens is 2. The smallest absolute Gasteiger partial charge is 0.329 e. The van der Waals surface area contributed by atoms with Gasteiger partial charge in [0.25, 0.3) is 5.56 Å². The lowest BCUT2D eigenvalue weighted by Gasteiger charge is -2.51. The Kier molecular flexibility index (Phi) is 6.51. The second-order valence-corrected chi connectivity index (χ2v) is 8.81. The summed E-state index contributed by atoms with van der Waals surface area (Å²) in [7, 11) is 0. The second-order valence-electron chi connectivity index (χ2n) is 7.95. The highest BCUT2D eigenvalue weighted by molar-refractivity contribution is 9.10. The van der Waals surface area contributed by atoms with Crippen molar-refractivity contribution in [3.63, 3.8) is 0 Å². The lowest BCUT2D eigenvalue weighted by Crippen LogP contribution is -2.59. The Morgan fingerprint density at radius 1 is 1.33 bits per heavy atom. The lowest BCUT2D eigenvalue weighted by atomic mass is 9.75. The van der Waals surface area contributed by atoms with Gasteiger partial charge in [0, 0.05) is 25.7 Å². The number of amides is 1. The van der Waals surface area contributed by atoms with E-state index in [-0.39, 0.29) is 30.0 Å². The maximum atomic E-state index is 12.2. The molecule has 0 aliphatic carbocycles. The third kappa shape index (κ3) is 4.82. The molecule has 0 radical (unpaired) electrons. The molecule has 166 valence electrons. The highest BCUT2D eigenvalue weighted by Crippen LogP contribution is 2.43. The lowest BCUT2D eigenvalue weighted by molar-refractivity contribution is -0.198. The summed E-state index contributed by atoms with van der Waals surface area (Å²) in [4.78, 5) is 50.2. The first-order valence-electron chi connectivity index (χ1n) is 9.48. The van der Waals surface area contributed by atoms with E-state index >= 15 is 0 Å². The highest BCUT2D eigenvalue weighted by atomic mass is 79.9. The van der Waals surface area contributed by atoms with E-state index in [1.54, 1.807) is 11.8 Å². The van der Waals surface area contributed by atoms with Crippen LogP contribution in [0.15, 0.2) is 20.3 Å². The average molecular weight is 490 g/mol. The molecule has 2 fully saturated rings. The van der Waals surface area contributed by atoms with Crippen molar-refractivity contribution in [1.82, 2.24) is 14.5 Å². The van der Waals surface area contributed by atoms with Crippen LogP contribution in [0.5, 0.6) is 0 Å². The number of carboxylic acids is 1. The molecule has 3 rings (SSSR count). The molecule has 0 bridgehead atoms. The van der Waals surface area contributed by atoms with Gasteiger partial charge in [-0.1, -0.05) is 0 Å². The summed E-state index contributed by atoms with van der Waals surface area (Å²) in [5.41, 5.74) is -3.10. The molecule has 11 nitrogen and oxygen atoms in total. The van der Waals surface area contributed by atoms with Crippen molar-refractivity contribution >= 4 is 27.8 Å². The molecule has 30 heavy (non-hydrogen) atoms.